The van der Waals surface area contributed by atoms with Crippen LogP contribution >= 0.6 is 0 Å². The van der Waals surface area contributed by atoms with E-state index in [0.717, 1.165) is 58.4 Å². The first-order chi connectivity index (χ1) is 19.1. The van der Waals surface area contributed by atoms with Crippen molar-refractivity contribution in [2.75, 3.05) is 13.1 Å². The average Bonchev–Trinajstić information content (AvgIpc) is 3.57. The molecule has 0 saturated carbocycles. The number of aryl methyl sites for hydroxylation is 1. The molecule has 7 nitrogen and oxygen atoms in total. The van der Waals surface area contributed by atoms with E-state index in [0.29, 0.717) is 22.6 Å². The van der Waals surface area contributed by atoms with Gasteiger partial charge < -0.3 is 4.98 Å². The molecule has 2 N–H and O–H groups in total. The van der Waals surface area contributed by atoms with E-state index in [1.54, 1.807) is 6.20 Å². The summed E-state index contributed by atoms with van der Waals surface area (Å²) in [4.78, 5) is 19.9. The average molecular weight is 518 g/mol. The van der Waals surface area contributed by atoms with Gasteiger partial charge in [0.1, 0.15) is 17.0 Å². The molecule has 2 aromatic carbocycles. The second kappa shape index (κ2) is 9.71. The van der Waals surface area contributed by atoms with E-state index in [1.807, 2.05) is 37.5 Å². The number of rotatable bonds is 5. The first kappa shape index (κ1) is 23.7. The fourth-order valence-corrected chi connectivity index (χ4v) is 5.61. The summed E-state index contributed by atoms with van der Waals surface area (Å²) in [7, 11) is 0. The van der Waals surface area contributed by atoms with E-state index in [4.69, 9.17) is 4.98 Å². The van der Waals surface area contributed by atoms with Crippen molar-refractivity contribution in [2.24, 2.45) is 0 Å². The predicted octanol–water partition coefficient (Wildman–Crippen LogP) is 6.66. The highest BCUT2D eigenvalue weighted by Gasteiger charge is 2.17. The van der Waals surface area contributed by atoms with Gasteiger partial charge in [-0.2, -0.15) is 5.10 Å². The van der Waals surface area contributed by atoms with Gasteiger partial charge in [0.2, 0.25) is 0 Å². The standard InChI is InChI=1S/C31H28FN7/c1-19-11-22(14-24(32)12-19)28-30-27(7-8-34-28)35-31(36-30)29-25-15-21(5-6-26(25)37-38-29)23-13-20(16-33-17-23)18-39-9-3-2-4-10-39/h5-8,11-17H,2-4,9-10,18H2,1H3,(H,35,36)(H,37,38). The summed E-state index contributed by atoms with van der Waals surface area (Å²) < 4.78 is 14.2. The molecule has 1 aliphatic rings. The van der Waals surface area contributed by atoms with Crippen molar-refractivity contribution >= 4 is 21.9 Å². The second-order valence-electron chi connectivity index (χ2n) is 10.4. The number of aromatic nitrogens is 6. The number of pyridine rings is 2. The molecule has 0 amide bonds. The molecule has 5 heterocycles. The second-order valence-corrected chi connectivity index (χ2v) is 10.4. The minimum absolute atomic E-state index is 0.292. The fraction of sp³-hybridized carbons (Fsp3) is 0.226. The zero-order valence-corrected chi connectivity index (χ0v) is 21.7. The number of hydrogen-bond donors (Lipinski definition) is 2. The van der Waals surface area contributed by atoms with Crippen LogP contribution in [-0.4, -0.2) is 48.1 Å². The molecule has 194 valence electrons. The highest BCUT2D eigenvalue weighted by atomic mass is 19.1. The van der Waals surface area contributed by atoms with Crippen LogP contribution in [0.25, 0.3) is 55.8 Å². The summed E-state index contributed by atoms with van der Waals surface area (Å²) >= 11 is 0. The lowest BCUT2D eigenvalue weighted by atomic mass is 10.0. The predicted molar refractivity (Wildman–Crippen MR) is 151 cm³/mol. The van der Waals surface area contributed by atoms with Crippen LogP contribution in [0.4, 0.5) is 4.39 Å². The van der Waals surface area contributed by atoms with Crippen LogP contribution in [0, 0.1) is 12.7 Å². The van der Waals surface area contributed by atoms with Gasteiger partial charge in [-0.25, -0.2) is 9.37 Å². The molecule has 39 heavy (non-hydrogen) atoms. The Kier molecular flexibility index (Phi) is 5.89. The number of imidazole rings is 1. The third kappa shape index (κ3) is 4.57. The van der Waals surface area contributed by atoms with Crippen molar-refractivity contribution < 1.29 is 4.39 Å². The number of aromatic amines is 2. The zero-order valence-electron chi connectivity index (χ0n) is 21.7. The molecule has 0 aliphatic carbocycles. The van der Waals surface area contributed by atoms with Crippen molar-refractivity contribution in [3.63, 3.8) is 0 Å². The normalized spacial score (nSPS) is 14.4. The van der Waals surface area contributed by atoms with Crippen LogP contribution in [0.2, 0.25) is 0 Å². The molecular formula is C31H28FN7. The molecule has 0 radical (unpaired) electrons. The van der Waals surface area contributed by atoms with Crippen LogP contribution in [0.3, 0.4) is 0 Å². The molecule has 0 atom stereocenters. The molecule has 7 rings (SSSR count). The van der Waals surface area contributed by atoms with Gasteiger partial charge in [0.05, 0.1) is 16.7 Å². The van der Waals surface area contributed by atoms with E-state index in [-0.39, 0.29) is 5.82 Å². The first-order valence-corrected chi connectivity index (χ1v) is 13.4. The van der Waals surface area contributed by atoms with Crippen LogP contribution < -0.4 is 0 Å². The topological polar surface area (TPSA) is 86.4 Å². The summed E-state index contributed by atoms with van der Waals surface area (Å²) in [6.07, 6.45) is 9.48. The maximum absolute atomic E-state index is 14.2. The SMILES string of the molecule is Cc1cc(F)cc(-c2nccc3[nH]c(-c4n[nH]c5ccc(-c6cncc(CN7CCCCC7)c6)cc45)nc23)c1. The van der Waals surface area contributed by atoms with E-state index in [1.165, 1.54) is 37.0 Å². The summed E-state index contributed by atoms with van der Waals surface area (Å²) in [5.74, 6) is 0.340. The molecule has 0 spiro atoms. The van der Waals surface area contributed by atoms with Crippen molar-refractivity contribution in [1.29, 1.82) is 0 Å². The van der Waals surface area contributed by atoms with E-state index >= 15 is 0 Å². The smallest absolute Gasteiger partial charge is 0.159 e. The molecule has 1 fully saturated rings. The lowest BCUT2D eigenvalue weighted by molar-refractivity contribution is 0.220. The first-order valence-electron chi connectivity index (χ1n) is 13.4. The summed E-state index contributed by atoms with van der Waals surface area (Å²) in [6, 6.07) is 15.3. The monoisotopic (exact) mass is 517 g/mol. The molecule has 8 heteroatoms. The largest absolute Gasteiger partial charge is 0.336 e. The van der Waals surface area contributed by atoms with Gasteiger partial charge in [-0.05, 0) is 92.0 Å². The molecule has 4 aromatic heterocycles. The molecule has 1 saturated heterocycles. The number of likely N-dealkylation sites (tertiary alicyclic amines) is 1. The van der Waals surface area contributed by atoms with E-state index in [9.17, 15) is 4.39 Å². The van der Waals surface area contributed by atoms with Crippen molar-refractivity contribution in [2.45, 2.75) is 32.7 Å². The van der Waals surface area contributed by atoms with Gasteiger partial charge in [0.15, 0.2) is 5.82 Å². The highest BCUT2D eigenvalue weighted by molar-refractivity contribution is 5.97. The Bertz CT molecular complexity index is 1790. The summed E-state index contributed by atoms with van der Waals surface area (Å²) in [6.45, 7) is 5.11. The van der Waals surface area contributed by atoms with Crippen LogP contribution in [0.15, 0.2) is 67.1 Å². The number of halogens is 1. The fourth-order valence-electron chi connectivity index (χ4n) is 5.61. The van der Waals surface area contributed by atoms with E-state index in [2.05, 4.69) is 48.2 Å². The minimum Gasteiger partial charge on any atom is -0.336 e. The molecule has 6 aromatic rings. The Morgan fingerprint density at radius 2 is 1.77 bits per heavy atom. The quantitative estimate of drug-likeness (QED) is 0.267. The molecular weight excluding hydrogens is 489 g/mol. The Labute approximate surface area is 225 Å². The van der Waals surface area contributed by atoms with Gasteiger partial charge in [-0.15, -0.1) is 0 Å². The lowest BCUT2D eigenvalue weighted by Gasteiger charge is -2.26. The molecule has 1 aliphatic heterocycles. The highest BCUT2D eigenvalue weighted by Crippen LogP contribution is 2.33. The van der Waals surface area contributed by atoms with Crippen LogP contribution in [0.5, 0.6) is 0 Å². The number of nitrogens with zero attached hydrogens (tertiary/aromatic N) is 5. The Hall–Kier alpha value is -4.43. The number of hydrogen-bond acceptors (Lipinski definition) is 5. The maximum Gasteiger partial charge on any atom is 0.159 e. The zero-order chi connectivity index (χ0) is 26.3. The lowest BCUT2D eigenvalue weighted by Crippen LogP contribution is -2.29. The Balaban J connectivity index is 1.26. The third-order valence-electron chi connectivity index (χ3n) is 7.49. The number of H-pyrrole nitrogens is 2. The van der Waals surface area contributed by atoms with Gasteiger partial charge in [0, 0.05) is 41.6 Å². The molecule has 0 bridgehead atoms. The third-order valence-corrected chi connectivity index (χ3v) is 7.49. The van der Waals surface area contributed by atoms with E-state index < -0.39 is 0 Å². The summed E-state index contributed by atoms with van der Waals surface area (Å²) in [5, 5.41) is 8.70. The van der Waals surface area contributed by atoms with Crippen LogP contribution in [-0.2, 0) is 6.54 Å². The van der Waals surface area contributed by atoms with Crippen molar-refractivity contribution in [1.82, 2.24) is 35.0 Å². The molecule has 0 unspecified atom stereocenters. The van der Waals surface area contributed by atoms with Crippen molar-refractivity contribution in [3.05, 3.63) is 84.1 Å². The number of nitrogens with one attached hydrogen (secondary N) is 2. The van der Waals surface area contributed by atoms with Gasteiger partial charge in [-0.1, -0.05) is 12.5 Å². The van der Waals surface area contributed by atoms with Gasteiger partial charge in [-0.3, -0.25) is 20.0 Å². The Morgan fingerprint density at radius 1 is 0.872 bits per heavy atom. The van der Waals surface area contributed by atoms with Crippen LogP contribution in [0.1, 0.15) is 30.4 Å². The maximum atomic E-state index is 14.2. The summed E-state index contributed by atoms with van der Waals surface area (Å²) in [5.41, 5.74) is 8.69. The minimum atomic E-state index is -0.292. The Morgan fingerprint density at radius 3 is 2.64 bits per heavy atom. The number of piperidine rings is 1. The number of benzene rings is 2. The van der Waals surface area contributed by atoms with Gasteiger partial charge >= 0.3 is 0 Å². The van der Waals surface area contributed by atoms with Gasteiger partial charge in [0.25, 0.3) is 0 Å². The number of fused-ring (bicyclic) bond motifs is 2. The van der Waals surface area contributed by atoms with Crippen molar-refractivity contribution in [3.8, 4) is 33.9 Å².